The molecule has 6 nitrogen and oxygen atoms in total. The fraction of sp³-hybridized carbons (Fsp3) is 0.429. The van der Waals surface area contributed by atoms with E-state index in [1.54, 1.807) is 24.3 Å². The topological polar surface area (TPSA) is 102 Å². The van der Waals surface area contributed by atoms with Crippen LogP contribution in [0.25, 0.3) is 0 Å². The highest BCUT2D eigenvalue weighted by Gasteiger charge is 2.29. The van der Waals surface area contributed by atoms with E-state index < -0.39 is 12.6 Å². The first kappa shape index (κ1) is 14.3. The molecule has 1 aromatic carbocycles. The summed E-state index contributed by atoms with van der Waals surface area (Å²) in [6.45, 7) is -0.450. The number of carbonyl (C=O) groups is 2. The minimum absolute atomic E-state index is 0.109. The number of amides is 1. The Bertz CT molecular complexity index is 500. The van der Waals surface area contributed by atoms with Crippen LogP contribution in [0.5, 0.6) is 5.75 Å². The van der Waals surface area contributed by atoms with Crippen molar-refractivity contribution >= 4 is 17.6 Å². The average molecular weight is 278 g/mol. The van der Waals surface area contributed by atoms with Crippen LogP contribution in [0.4, 0.5) is 5.69 Å². The van der Waals surface area contributed by atoms with Gasteiger partial charge in [-0.15, -0.1) is 0 Å². The van der Waals surface area contributed by atoms with Gasteiger partial charge in [-0.1, -0.05) is 12.1 Å². The number of carboxylic acids is 1. The molecule has 1 aliphatic carbocycles. The van der Waals surface area contributed by atoms with Gasteiger partial charge in [-0.3, -0.25) is 4.79 Å². The fourth-order valence-corrected chi connectivity index (χ4v) is 1.94. The van der Waals surface area contributed by atoms with E-state index in [4.69, 9.17) is 15.6 Å². The predicted molar refractivity (Wildman–Crippen MR) is 73.5 cm³/mol. The van der Waals surface area contributed by atoms with E-state index in [-0.39, 0.29) is 18.4 Å². The molecular formula is C14H18N2O4. The summed E-state index contributed by atoms with van der Waals surface area (Å²) in [7, 11) is 0. The zero-order valence-electron chi connectivity index (χ0n) is 11.0. The van der Waals surface area contributed by atoms with E-state index in [9.17, 15) is 9.59 Å². The predicted octanol–water partition coefficient (Wildman–Crippen LogP) is 1.22. The van der Waals surface area contributed by atoms with Crippen molar-refractivity contribution in [1.82, 2.24) is 0 Å². The van der Waals surface area contributed by atoms with E-state index in [1.807, 2.05) is 0 Å². The summed E-state index contributed by atoms with van der Waals surface area (Å²) in [6, 6.07) is 6.62. The molecule has 1 unspecified atom stereocenters. The first-order chi connectivity index (χ1) is 9.56. The monoisotopic (exact) mass is 278 g/mol. The molecule has 0 bridgehead atoms. The lowest BCUT2D eigenvalue weighted by atomic mass is 10.1. The standard InChI is InChI=1S/C14H18N2O4/c15-10(9-5-6-9)7-13(17)16-11-3-1-2-4-12(11)20-8-14(18)19/h1-4,9-10H,5-8,15H2,(H,16,17)(H,18,19). The second-order valence-corrected chi connectivity index (χ2v) is 4.93. The van der Waals surface area contributed by atoms with Gasteiger partial charge in [-0.2, -0.15) is 0 Å². The lowest BCUT2D eigenvalue weighted by Gasteiger charge is -2.13. The number of ether oxygens (including phenoxy) is 1. The minimum atomic E-state index is -1.07. The summed E-state index contributed by atoms with van der Waals surface area (Å²) in [5.74, 6) is -0.458. The fourth-order valence-electron chi connectivity index (χ4n) is 1.94. The van der Waals surface area contributed by atoms with Gasteiger partial charge in [0, 0.05) is 12.5 Å². The van der Waals surface area contributed by atoms with Crippen molar-refractivity contribution in [1.29, 1.82) is 0 Å². The molecule has 1 saturated carbocycles. The third-order valence-electron chi connectivity index (χ3n) is 3.16. The van der Waals surface area contributed by atoms with Crippen LogP contribution in [-0.4, -0.2) is 29.6 Å². The van der Waals surface area contributed by atoms with E-state index >= 15 is 0 Å². The van der Waals surface area contributed by atoms with Gasteiger partial charge in [0.25, 0.3) is 0 Å². The van der Waals surface area contributed by atoms with Crippen LogP contribution in [0.1, 0.15) is 19.3 Å². The zero-order valence-corrected chi connectivity index (χ0v) is 11.0. The van der Waals surface area contributed by atoms with Gasteiger partial charge in [-0.05, 0) is 30.9 Å². The molecule has 0 heterocycles. The molecule has 1 aliphatic rings. The summed E-state index contributed by atoms with van der Waals surface area (Å²) in [5, 5.41) is 11.3. The third-order valence-corrected chi connectivity index (χ3v) is 3.16. The number of para-hydroxylation sites is 2. The van der Waals surface area contributed by atoms with Crippen molar-refractivity contribution in [2.45, 2.75) is 25.3 Å². The Hall–Kier alpha value is -2.08. The van der Waals surface area contributed by atoms with Crippen LogP contribution in [-0.2, 0) is 9.59 Å². The normalized spacial score (nSPS) is 15.4. The highest BCUT2D eigenvalue weighted by Crippen LogP contribution is 2.33. The maximum Gasteiger partial charge on any atom is 0.341 e. The molecule has 6 heteroatoms. The summed E-state index contributed by atoms with van der Waals surface area (Å²) < 4.78 is 5.12. The second kappa shape index (κ2) is 6.38. The number of carbonyl (C=O) groups excluding carboxylic acids is 1. The smallest absolute Gasteiger partial charge is 0.341 e. The minimum Gasteiger partial charge on any atom is -0.480 e. The molecule has 0 aliphatic heterocycles. The average Bonchev–Trinajstić information content (AvgIpc) is 3.21. The van der Waals surface area contributed by atoms with Crippen LogP contribution in [0.15, 0.2) is 24.3 Å². The van der Waals surface area contributed by atoms with Crippen molar-refractivity contribution in [3.8, 4) is 5.75 Å². The maximum absolute atomic E-state index is 11.9. The molecule has 0 spiro atoms. The van der Waals surface area contributed by atoms with E-state index in [0.29, 0.717) is 17.4 Å². The van der Waals surface area contributed by atoms with Crippen molar-refractivity contribution in [3.05, 3.63) is 24.3 Å². The lowest BCUT2D eigenvalue weighted by Crippen LogP contribution is -2.29. The molecule has 1 aromatic rings. The Labute approximate surface area is 116 Å². The number of carboxylic acid groups (broad SMARTS) is 1. The molecular weight excluding hydrogens is 260 g/mol. The van der Waals surface area contributed by atoms with Gasteiger partial charge in [0.15, 0.2) is 6.61 Å². The number of anilines is 1. The summed E-state index contributed by atoms with van der Waals surface area (Å²) in [5.41, 5.74) is 6.36. The third kappa shape index (κ3) is 4.24. The number of benzene rings is 1. The highest BCUT2D eigenvalue weighted by atomic mass is 16.5. The lowest BCUT2D eigenvalue weighted by molar-refractivity contribution is -0.139. The van der Waals surface area contributed by atoms with Crippen LogP contribution >= 0.6 is 0 Å². The largest absolute Gasteiger partial charge is 0.480 e. The van der Waals surface area contributed by atoms with Gasteiger partial charge in [0.2, 0.25) is 5.91 Å². The number of hydrogen-bond acceptors (Lipinski definition) is 4. The molecule has 1 amide bonds. The van der Waals surface area contributed by atoms with E-state index in [1.165, 1.54) is 0 Å². The highest BCUT2D eigenvalue weighted by molar-refractivity contribution is 5.92. The van der Waals surface area contributed by atoms with Gasteiger partial charge in [0.05, 0.1) is 5.69 Å². The Balaban J connectivity index is 1.93. The van der Waals surface area contributed by atoms with Gasteiger partial charge in [0.1, 0.15) is 5.75 Å². The number of nitrogens with two attached hydrogens (primary N) is 1. The first-order valence-electron chi connectivity index (χ1n) is 6.55. The molecule has 1 atom stereocenters. The molecule has 0 saturated heterocycles. The number of rotatable bonds is 7. The molecule has 0 radical (unpaired) electrons. The van der Waals surface area contributed by atoms with Crippen LogP contribution < -0.4 is 15.8 Å². The maximum atomic E-state index is 11.9. The second-order valence-electron chi connectivity index (χ2n) is 4.93. The number of nitrogens with one attached hydrogen (secondary N) is 1. The first-order valence-corrected chi connectivity index (χ1v) is 6.55. The van der Waals surface area contributed by atoms with Gasteiger partial charge >= 0.3 is 5.97 Å². The number of aliphatic carboxylic acids is 1. The Morgan fingerprint density at radius 3 is 2.75 bits per heavy atom. The molecule has 1 fully saturated rings. The molecule has 0 aromatic heterocycles. The molecule has 4 N–H and O–H groups in total. The summed E-state index contributed by atoms with van der Waals surface area (Å²) in [4.78, 5) is 22.4. The quantitative estimate of drug-likeness (QED) is 0.696. The van der Waals surface area contributed by atoms with Crippen molar-refractivity contribution < 1.29 is 19.4 Å². The Morgan fingerprint density at radius 2 is 2.10 bits per heavy atom. The summed E-state index contributed by atoms with van der Waals surface area (Å²) in [6.07, 6.45) is 2.44. The SMILES string of the molecule is NC(CC(=O)Nc1ccccc1OCC(=O)O)C1CC1. The number of hydrogen-bond donors (Lipinski definition) is 3. The van der Waals surface area contributed by atoms with E-state index in [0.717, 1.165) is 12.8 Å². The Kier molecular flexibility index (Phi) is 4.57. The van der Waals surface area contributed by atoms with E-state index in [2.05, 4.69) is 5.32 Å². The van der Waals surface area contributed by atoms with Gasteiger partial charge < -0.3 is 20.9 Å². The molecule has 2 rings (SSSR count). The van der Waals surface area contributed by atoms with Crippen LogP contribution in [0.3, 0.4) is 0 Å². The van der Waals surface area contributed by atoms with Crippen LogP contribution in [0.2, 0.25) is 0 Å². The zero-order chi connectivity index (χ0) is 14.5. The Morgan fingerprint density at radius 1 is 1.40 bits per heavy atom. The van der Waals surface area contributed by atoms with Crippen LogP contribution in [0, 0.1) is 5.92 Å². The summed E-state index contributed by atoms with van der Waals surface area (Å²) >= 11 is 0. The van der Waals surface area contributed by atoms with Crippen molar-refractivity contribution in [2.24, 2.45) is 11.7 Å². The molecule has 20 heavy (non-hydrogen) atoms. The van der Waals surface area contributed by atoms with Gasteiger partial charge in [-0.25, -0.2) is 4.79 Å². The van der Waals surface area contributed by atoms with Crippen molar-refractivity contribution in [2.75, 3.05) is 11.9 Å². The van der Waals surface area contributed by atoms with Crippen molar-refractivity contribution in [3.63, 3.8) is 0 Å². The molecule has 108 valence electrons.